The highest BCUT2D eigenvalue weighted by atomic mass is 32.2. The number of nitrogens with one attached hydrogen (secondary N) is 5. The van der Waals surface area contributed by atoms with E-state index in [9.17, 15) is 29.1 Å². The molecule has 2 aromatic heterocycles. The van der Waals surface area contributed by atoms with Gasteiger partial charge in [-0.1, -0.05) is 18.2 Å². The van der Waals surface area contributed by atoms with E-state index in [4.69, 9.17) is 10.8 Å². The second-order valence-corrected chi connectivity index (χ2v) is 10.7. The number of carboxylic acid groups (broad SMARTS) is 2. The van der Waals surface area contributed by atoms with Crippen LogP contribution >= 0.6 is 11.8 Å². The van der Waals surface area contributed by atoms with E-state index in [-0.39, 0.29) is 25.7 Å². The van der Waals surface area contributed by atoms with Gasteiger partial charge in [0.05, 0.1) is 12.4 Å². The minimum atomic E-state index is -1.45. The summed E-state index contributed by atoms with van der Waals surface area (Å²) in [7, 11) is 0. The predicted octanol–water partition coefficient (Wildman–Crippen LogP) is 0.160. The molecule has 0 radical (unpaired) electrons. The van der Waals surface area contributed by atoms with Crippen molar-refractivity contribution in [3.8, 4) is 0 Å². The van der Waals surface area contributed by atoms with Gasteiger partial charge in [0.2, 0.25) is 17.7 Å². The Bertz CT molecular complexity index is 1380. The van der Waals surface area contributed by atoms with Crippen molar-refractivity contribution in [2.75, 3.05) is 12.0 Å². The average molecular weight is 602 g/mol. The fourth-order valence-electron chi connectivity index (χ4n) is 4.31. The van der Waals surface area contributed by atoms with Gasteiger partial charge in [0.25, 0.3) is 0 Å². The fraction of sp³-hybridized carbons (Fsp3) is 0.407. The molecular weight excluding hydrogens is 566 g/mol. The van der Waals surface area contributed by atoms with Crippen molar-refractivity contribution in [3.63, 3.8) is 0 Å². The number of carbonyl (C=O) groups excluding carboxylic acids is 3. The van der Waals surface area contributed by atoms with Gasteiger partial charge in [0.1, 0.15) is 18.1 Å². The van der Waals surface area contributed by atoms with E-state index in [1.807, 2.05) is 30.5 Å². The number of thioether (sulfide) groups is 1. The highest BCUT2D eigenvalue weighted by Crippen LogP contribution is 2.19. The van der Waals surface area contributed by atoms with Crippen LogP contribution in [-0.2, 0) is 36.8 Å². The second-order valence-electron chi connectivity index (χ2n) is 9.69. The summed E-state index contributed by atoms with van der Waals surface area (Å²) in [4.78, 5) is 72.3. The summed E-state index contributed by atoms with van der Waals surface area (Å²) in [6.45, 7) is 0. The molecule has 1 aromatic carbocycles. The molecular formula is C27H35N7O7S. The largest absolute Gasteiger partial charge is 0.481 e. The third-order valence-electron chi connectivity index (χ3n) is 6.57. The van der Waals surface area contributed by atoms with E-state index in [0.29, 0.717) is 11.4 Å². The highest BCUT2D eigenvalue weighted by molar-refractivity contribution is 7.98. The highest BCUT2D eigenvalue weighted by Gasteiger charge is 2.31. The lowest BCUT2D eigenvalue weighted by Crippen LogP contribution is -2.58. The van der Waals surface area contributed by atoms with Crippen LogP contribution in [0.3, 0.4) is 0 Å². The van der Waals surface area contributed by atoms with Crippen molar-refractivity contribution in [2.24, 2.45) is 5.73 Å². The van der Waals surface area contributed by atoms with Crippen LogP contribution < -0.4 is 21.7 Å². The molecule has 0 bridgehead atoms. The van der Waals surface area contributed by atoms with Crippen LogP contribution in [0.5, 0.6) is 0 Å². The van der Waals surface area contributed by atoms with Crippen LogP contribution in [0.1, 0.15) is 30.5 Å². The maximum atomic E-state index is 13.6. The molecule has 0 aliphatic rings. The number of fused-ring (bicyclic) bond motifs is 1. The summed E-state index contributed by atoms with van der Waals surface area (Å²) in [5, 5.41) is 26.9. The zero-order chi connectivity index (χ0) is 30.6. The molecule has 0 aliphatic carbocycles. The molecule has 14 nitrogen and oxygen atoms in total. The van der Waals surface area contributed by atoms with E-state index in [1.165, 1.54) is 18.1 Å². The molecule has 4 unspecified atom stereocenters. The Hall–Kier alpha value is -4.37. The molecule has 3 aromatic rings. The number of aromatic amines is 2. The minimum Gasteiger partial charge on any atom is -0.481 e. The summed E-state index contributed by atoms with van der Waals surface area (Å²) in [5.41, 5.74) is 8.33. The number of nitrogens with two attached hydrogens (primary N) is 1. The van der Waals surface area contributed by atoms with Gasteiger partial charge in [-0.25, -0.2) is 9.78 Å². The topological polar surface area (TPSA) is 232 Å². The minimum absolute atomic E-state index is 0.0750. The number of benzene rings is 1. The number of rotatable bonds is 17. The number of aliphatic carboxylic acids is 2. The molecule has 3 amide bonds. The molecule has 0 saturated carbocycles. The van der Waals surface area contributed by atoms with Gasteiger partial charge in [-0.15, -0.1) is 0 Å². The Kier molecular flexibility index (Phi) is 11.9. The summed E-state index contributed by atoms with van der Waals surface area (Å²) in [6.07, 6.45) is 6.15. The molecule has 0 aliphatic heterocycles. The number of para-hydroxylation sites is 1. The summed E-state index contributed by atoms with van der Waals surface area (Å²) in [5.74, 6) is -4.17. The smallest absolute Gasteiger partial charge is 0.326 e. The van der Waals surface area contributed by atoms with Crippen molar-refractivity contribution in [1.82, 2.24) is 30.9 Å². The van der Waals surface area contributed by atoms with Crippen LogP contribution in [0.25, 0.3) is 10.9 Å². The summed E-state index contributed by atoms with van der Waals surface area (Å²) < 4.78 is 0. The van der Waals surface area contributed by atoms with Crippen LogP contribution in [0, 0.1) is 0 Å². The Morgan fingerprint density at radius 3 is 2.29 bits per heavy atom. The van der Waals surface area contributed by atoms with Crippen LogP contribution in [0.15, 0.2) is 43.0 Å². The predicted molar refractivity (Wildman–Crippen MR) is 156 cm³/mol. The number of hydrogen-bond acceptors (Lipinski definition) is 8. The first kappa shape index (κ1) is 32.1. The molecule has 9 N–H and O–H groups in total. The number of amides is 3. The normalized spacial score (nSPS) is 14.0. The monoisotopic (exact) mass is 601 g/mol. The quantitative estimate of drug-likeness (QED) is 0.104. The molecule has 0 fully saturated rings. The maximum Gasteiger partial charge on any atom is 0.326 e. The summed E-state index contributed by atoms with van der Waals surface area (Å²) >= 11 is 1.42. The number of aromatic nitrogens is 3. The number of hydrogen-bond donors (Lipinski definition) is 8. The molecule has 0 saturated heterocycles. The van der Waals surface area contributed by atoms with Gasteiger partial charge in [-0.05, 0) is 36.5 Å². The van der Waals surface area contributed by atoms with Gasteiger partial charge in [0, 0.05) is 48.3 Å². The first-order valence-corrected chi connectivity index (χ1v) is 14.6. The van der Waals surface area contributed by atoms with Gasteiger partial charge in [-0.2, -0.15) is 11.8 Å². The molecule has 42 heavy (non-hydrogen) atoms. The third-order valence-corrected chi connectivity index (χ3v) is 7.21. The number of imidazole rings is 1. The lowest BCUT2D eigenvalue weighted by molar-refractivity contribution is -0.143. The molecule has 226 valence electrons. The van der Waals surface area contributed by atoms with E-state index >= 15 is 0 Å². The summed E-state index contributed by atoms with van der Waals surface area (Å²) in [6, 6.07) is 2.74. The molecule has 0 spiro atoms. The SMILES string of the molecule is CSCCC(NC(=O)C(Cc1c[nH]c2ccccc12)NC(=O)C(N)Cc1cnc[nH]1)C(=O)NC(CCC(=O)O)C(=O)O. The number of carbonyl (C=O) groups is 5. The van der Waals surface area contributed by atoms with Gasteiger partial charge in [0.15, 0.2) is 0 Å². The van der Waals surface area contributed by atoms with Gasteiger partial charge < -0.3 is 41.9 Å². The first-order valence-electron chi connectivity index (χ1n) is 13.2. The molecule has 2 heterocycles. The Balaban J connectivity index is 1.80. The molecule has 4 atom stereocenters. The van der Waals surface area contributed by atoms with E-state index < -0.39 is 60.2 Å². The van der Waals surface area contributed by atoms with Crippen molar-refractivity contribution in [2.45, 2.75) is 56.3 Å². The molecule has 15 heteroatoms. The number of nitrogens with zero attached hydrogens (tertiary/aromatic N) is 1. The fourth-order valence-corrected chi connectivity index (χ4v) is 4.78. The third kappa shape index (κ3) is 9.34. The lowest BCUT2D eigenvalue weighted by Gasteiger charge is -2.25. The van der Waals surface area contributed by atoms with E-state index in [2.05, 4.69) is 30.9 Å². The average Bonchev–Trinajstić information content (AvgIpc) is 3.62. The van der Waals surface area contributed by atoms with Crippen LogP contribution in [0.2, 0.25) is 0 Å². The van der Waals surface area contributed by atoms with Crippen molar-refractivity contribution < 1.29 is 34.2 Å². The lowest BCUT2D eigenvalue weighted by atomic mass is 10.0. The Labute approximate surface area is 245 Å². The first-order chi connectivity index (χ1) is 20.1. The Morgan fingerprint density at radius 1 is 0.929 bits per heavy atom. The molecule has 3 rings (SSSR count). The van der Waals surface area contributed by atoms with Gasteiger partial charge >= 0.3 is 11.9 Å². The van der Waals surface area contributed by atoms with Crippen molar-refractivity contribution >= 4 is 52.3 Å². The van der Waals surface area contributed by atoms with Crippen LogP contribution in [0.4, 0.5) is 0 Å². The standard InChI is InChI=1S/C27H35N7O7S/c1-42-9-8-20(25(38)33-21(27(40)41)6-7-23(35)36)32-26(39)22(10-15-12-30-19-5-3-2-4-17(15)19)34-24(37)18(28)11-16-13-29-14-31-16/h2-5,12-14,18,20-22,30H,6-11,28H2,1H3,(H,29,31)(H,32,39)(H,33,38)(H,34,37)(H,35,36)(H,40,41). The Morgan fingerprint density at radius 2 is 1.62 bits per heavy atom. The van der Waals surface area contributed by atoms with E-state index in [1.54, 1.807) is 12.4 Å². The van der Waals surface area contributed by atoms with E-state index in [0.717, 1.165) is 16.5 Å². The number of carboxylic acids is 2. The zero-order valence-corrected chi connectivity index (χ0v) is 23.8. The van der Waals surface area contributed by atoms with Crippen LogP contribution in [-0.4, -0.2) is 91.0 Å². The number of H-pyrrole nitrogens is 2. The maximum absolute atomic E-state index is 13.6. The van der Waals surface area contributed by atoms with Crippen molar-refractivity contribution in [1.29, 1.82) is 0 Å². The van der Waals surface area contributed by atoms with Crippen molar-refractivity contribution in [3.05, 3.63) is 54.2 Å². The second kappa shape index (κ2) is 15.6. The van der Waals surface area contributed by atoms with Gasteiger partial charge in [-0.3, -0.25) is 19.2 Å². The zero-order valence-electron chi connectivity index (χ0n) is 23.0.